The van der Waals surface area contributed by atoms with E-state index in [-0.39, 0.29) is 5.91 Å². The average molecular weight is 268 g/mol. The summed E-state index contributed by atoms with van der Waals surface area (Å²) in [5.74, 6) is 0.00981. The number of benzene rings is 1. The molecule has 80 valence electrons. The molecule has 1 aromatic carbocycles. The predicted molar refractivity (Wildman–Crippen MR) is 66.0 cm³/mol. The van der Waals surface area contributed by atoms with E-state index in [9.17, 15) is 4.79 Å². The zero-order valence-electron chi connectivity index (χ0n) is 8.96. The molecule has 0 bridgehead atoms. The molecule has 0 unspecified atom stereocenters. The van der Waals surface area contributed by atoms with Gasteiger partial charge in [-0.25, -0.2) is 0 Å². The third-order valence-electron chi connectivity index (χ3n) is 2.17. The van der Waals surface area contributed by atoms with Gasteiger partial charge in [0.1, 0.15) is 0 Å². The number of halogens is 1. The summed E-state index contributed by atoms with van der Waals surface area (Å²) in [5.41, 5.74) is 1.81. The number of amides is 1. The fraction of sp³-hybridized carbons (Fsp3) is 0.250. The summed E-state index contributed by atoms with van der Waals surface area (Å²) in [4.78, 5) is 13.5. The molecule has 0 aliphatic rings. The summed E-state index contributed by atoms with van der Waals surface area (Å²) in [5, 5.41) is 0. The minimum absolute atomic E-state index is 0.00981. The first-order valence-corrected chi connectivity index (χ1v) is 5.48. The highest BCUT2D eigenvalue weighted by Crippen LogP contribution is 2.18. The molecule has 3 heteroatoms. The van der Waals surface area contributed by atoms with Crippen LogP contribution in [0.2, 0.25) is 0 Å². The van der Waals surface area contributed by atoms with Crippen LogP contribution in [0.15, 0.2) is 35.3 Å². The van der Waals surface area contributed by atoms with E-state index >= 15 is 0 Å². The number of hydrogen-bond donors (Lipinski definition) is 0. The van der Waals surface area contributed by atoms with Crippen LogP contribution in [0.5, 0.6) is 0 Å². The molecule has 0 aliphatic heterocycles. The molecule has 0 aromatic heterocycles. The summed E-state index contributed by atoms with van der Waals surface area (Å²) in [6.07, 6.45) is 1.71. The summed E-state index contributed by atoms with van der Waals surface area (Å²) in [6.45, 7) is 6.16. The van der Waals surface area contributed by atoms with Crippen molar-refractivity contribution in [3.05, 3.63) is 46.5 Å². The molecule has 15 heavy (non-hydrogen) atoms. The lowest BCUT2D eigenvalue weighted by atomic mass is 10.1. The van der Waals surface area contributed by atoms with Crippen LogP contribution in [0, 0.1) is 6.92 Å². The van der Waals surface area contributed by atoms with Crippen LogP contribution in [0.25, 0.3) is 0 Å². The van der Waals surface area contributed by atoms with Crippen LogP contribution < -0.4 is 0 Å². The molecule has 0 fully saturated rings. The van der Waals surface area contributed by atoms with Crippen molar-refractivity contribution < 1.29 is 4.79 Å². The molecule has 1 amide bonds. The monoisotopic (exact) mass is 267 g/mol. The molecule has 0 saturated heterocycles. The van der Waals surface area contributed by atoms with E-state index in [1.165, 1.54) is 0 Å². The summed E-state index contributed by atoms with van der Waals surface area (Å²) < 4.78 is 0.959. The number of likely N-dealkylation sites (N-methyl/N-ethyl adjacent to an activating group) is 1. The summed E-state index contributed by atoms with van der Waals surface area (Å²) >= 11 is 3.41. The van der Waals surface area contributed by atoms with Gasteiger partial charge in [-0.05, 0) is 24.6 Å². The van der Waals surface area contributed by atoms with Gasteiger partial charge in [0.05, 0.1) is 0 Å². The SMILES string of the molecule is C=CCN(C)C(=O)c1ccc(C)c(Br)c1. The van der Waals surface area contributed by atoms with Crippen molar-refractivity contribution in [3.63, 3.8) is 0 Å². The highest BCUT2D eigenvalue weighted by atomic mass is 79.9. The van der Waals surface area contributed by atoms with Crippen molar-refractivity contribution in [2.24, 2.45) is 0 Å². The van der Waals surface area contributed by atoms with Crippen molar-refractivity contribution in [1.82, 2.24) is 4.90 Å². The van der Waals surface area contributed by atoms with Crippen LogP contribution in [-0.4, -0.2) is 24.4 Å². The Morgan fingerprint density at radius 1 is 1.60 bits per heavy atom. The predicted octanol–water partition coefficient (Wildman–Crippen LogP) is 3.02. The average Bonchev–Trinajstić information content (AvgIpc) is 2.21. The van der Waals surface area contributed by atoms with Gasteiger partial charge in [0, 0.05) is 23.6 Å². The van der Waals surface area contributed by atoms with Gasteiger partial charge in [-0.2, -0.15) is 0 Å². The number of hydrogen-bond acceptors (Lipinski definition) is 1. The largest absolute Gasteiger partial charge is 0.338 e. The molecule has 0 saturated carbocycles. The van der Waals surface area contributed by atoms with E-state index in [2.05, 4.69) is 22.5 Å². The fourth-order valence-electron chi connectivity index (χ4n) is 1.22. The van der Waals surface area contributed by atoms with Gasteiger partial charge < -0.3 is 4.90 Å². The lowest BCUT2D eigenvalue weighted by Gasteiger charge is -2.15. The minimum Gasteiger partial charge on any atom is -0.338 e. The number of carbonyl (C=O) groups excluding carboxylic acids is 1. The van der Waals surface area contributed by atoms with Gasteiger partial charge in [0.2, 0.25) is 0 Å². The Hall–Kier alpha value is -1.09. The Morgan fingerprint density at radius 2 is 2.27 bits per heavy atom. The molecule has 0 N–H and O–H groups in total. The molecule has 1 aromatic rings. The second kappa shape index (κ2) is 5.12. The maximum atomic E-state index is 11.9. The van der Waals surface area contributed by atoms with Gasteiger partial charge in [-0.1, -0.05) is 28.1 Å². The maximum Gasteiger partial charge on any atom is 0.253 e. The van der Waals surface area contributed by atoms with Gasteiger partial charge in [0.25, 0.3) is 5.91 Å². The summed E-state index contributed by atoms with van der Waals surface area (Å²) in [7, 11) is 1.76. The molecular formula is C12H14BrNO. The van der Waals surface area contributed by atoms with Crippen LogP contribution in [0.3, 0.4) is 0 Å². The van der Waals surface area contributed by atoms with Crippen molar-refractivity contribution in [2.45, 2.75) is 6.92 Å². The smallest absolute Gasteiger partial charge is 0.253 e. The second-order valence-electron chi connectivity index (χ2n) is 3.44. The lowest BCUT2D eigenvalue weighted by molar-refractivity contribution is 0.0810. The first kappa shape index (κ1) is 12.0. The summed E-state index contributed by atoms with van der Waals surface area (Å²) in [6, 6.07) is 5.61. The molecular weight excluding hydrogens is 254 g/mol. The molecule has 0 atom stereocenters. The van der Waals surface area contributed by atoms with E-state index in [1.807, 2.05) is 25.1 Å². The number of aryl methyl sites for hydroxylation is 1. The topological polar surface area (TPSA) is 20.3 Å². The Kier molecular flexibility index (Phi) is 4.09. The first-order valence-electron chi connectivity index (χ1n) is 4.68. The quantitative estimate of drug-likeness (QED) is 0.772. The second-order valence-corrected chi connectivity index (χ2v) is 4.29. The van der Waals surface area contributed by atoms with Gasteiger partial charge in [-0.3, -0.25) is 4.79 Å². The maximum absolute atomic E-state index is 11.9. The van der Waals surface area contributed by atoms with Crippen molar-refractivity contribution >= 4 is 21.8 Å². The van der Waals surface area contributed by atoms with Gasteiger partial charge >= 0.3 is 0 Å². The zero-order valence-corrected chi connectivity index (χ0v) is 10.5. The lowest BCUT2D eigenvalue weighted by Crippen LogP contribution is -2.26. The molecule has 0 heterocycles. The molecule has 0 spiro atoms. The third-order valence-corrected chi connectivity index (χ3v) is 3.02. The molecule has 2 nitrogen and oxygen atoms in total. The molecule has 1 rings (SSSR count). The van der Waals surface area contributed by atoms with Crippen molar-refractivity contribution in [1.29, 1.82) is 0 Å². The van der Waals surface area contributed by atoms with Crippen LogP contribution >= 0.6 is 15.9 Å². The van der Waals surface area contributed by atoms with E-state index in [4.69, 9.17) is 0 Å². The molecule has 0 radical (unpaired) electrons. The van der Waals surface area contributed by atoms with E-state index in [0.717, 1.165) is 10.0 Å². The Bertz CT molecular complexity index is 387. The number of rotatable bonds is 3. The fourth-order valence-corrected chi connectivity index (χ4v) is 1.60. The Balaban J connectivity index is 2.91. The number of carbonyl (C=O) groups is 1. The van der Waals surface area contributed by atoms with Gasteiger partial charge in [0.15, 0.2) is 0 Å². The standard InChI is InChI=1S/C12H14BrNO/c1-4-7-14(3)12(15)10-6-5-9(2)11(13)8-10/h4-6,8H,1,7H2,2-3H3. The highest BCUT2D eigenvalue weighted by Gasteiger charge is 2.10. The Labute approximate surface area is 98.7 Å². The highest BCUT2D eigenvalue weighted by molar-refractivity contribution is 9.10. The van der Waals surface area contributed by atoms with Crippen molar-refractivity contribution in [2.75, 3.05) is 13.6 Å². The van der Waals surface area contributed by atoms with Crippen LogP contribution in [-0.2, 0) is 0 Å². The van der Waals surface area contributed by atoms with E-state index in [1.54, 1.807) is 18.0 Å². The van der Waals surface area contributed by atoms with Crippen LogP contribution in [0.4, 0.5) is 0 Å². The minimum atomic E-state index is 0.00981. The third kappa shape index (κ3) is 2.93. The van der Waals surface area contributed by atoms with E-state index < -0.39 is 0 Å². The zero-order chi connectivity index (χ0) is 11.4. The van der Waals surface area contributed by atoms with Gasteiger partial charge in [-0.15, -0.1) is 6.58 Å². The molecule has 0 aliphatic carbocycles. The van der Waals surface area contributed by atoms with Crippen LogP contribution in [0.1, 0.15) is 15.9 Å². The van der Waals surface area contributed by atoms with E-state index in [0.29, 0.717) is 12.1 Å². The first-order chi connectivity index (χ1) is 7.06. The number of nitrogens with zero attached hydrogens (tertiary/aromatic N) is 1. The normalized spacial score (nSPS) is 9.80. The van der Waals surface area contributed by atoms with Crippen molar-refractivity contribution in [3.8, 4) is 0 Å². The Morgan fingerprint density at radius 3 is 2.80 bits per heavy atom.